The van der Waals surface area contributed by atoms with Crippen LogP contribution in [0.25, 0.3) is 31.1 Å². The molecular formula is C29H26N2O4S. The number of benzene rings is 3. The zero-order chi connectivity index (χ0) is 25.6. The third-order valence-corrected chi connectivity index (χ3v) is 7.23. The van der Waals surface area contributed by atoms with E-state index in [1.54, 1.807) is 22.8 Å². The average molecular weight is 499 g/mol. The van der Waals surface area contributed by atoms with Crippen molar-refractivity contribution >= 4 is 54.3 Å². The van der Waals surface area contributed by atoms with Gasteiger partial charge in [0.2, 0.25) is 5.91 Å². The van der Waals surface area contributed by atoms with Crippen molar-refractivity contribution in [2.45, 2.75) is 32.4 Å². The number of hydrogen-bond acceptors (Lipinski definition) is 5. The highest BCUT2D eigenvalue weighted by Gasteiger charge is 2.30. The molecule has 7 heteroatoms. The van der Waals surface area contributed by atoms with Crippen LogP contribution < -0.4 is 10.9 Å². The number of nitrogens with zero attached hydrogens (tertiary/aromatic N) is 1. The summed E-state index contributed by atoms with van der Waals surface area (Å²) in [5, 5.41) is 5.48. The predicted octanol–water partition coefficient (Wildman–Crippen LogP) is 5.66. The number of hydrogen-bond donors (Lipinski definition) is 1. The summed E-state index contributed by atoms with van der Waals surface area (Å²) in [6.45, 7) is 5.73. The van der Waals surface area contributed by atoms with E-state index in [1.165, 1.54) is 18.4 Å². The van der Waals surface area contributed by atoms with Gasteiger partial charge in [0.05, 0.1) is 18.2 Å². The molecule has 0 radical (unpaired) electrons. The molecule has 0 aliphatic carbocycles. The summed E-state index contributed by atoms with van der Waals surface area (Å²) in [5.41, 5.74) is 0.898. The Morgan fingerprint density at radius 3 is 2.33 bits per heavy atom. The molecule has 1 atom stereocenters. The number of thiophene rings is 1. The van der Waals surface area contributed by atoms with Gasteiger partial charge in [-0.2, -0.15) is 0 Å². The Hall–Kier alpha value is -3.97. The second-order valence-electron chi connectivity index (χ2n) is 9.75. The van der Waals surface area contributed by atoms with Gasteiger partial charge in [0.25, 0.3) is 5.56 Å². The minimum Gasteiger partial charge on any atom is -0.465 e. The van der Waals surface area contributed by atoms with E-state index < -0.39 is 17.6 Å². The molecule has 1 N–H and O–H groups in total. The topological polar surface area (TPSA) is 77.4 Å². The first kappa shape index (κ1) is 23.8. The van der Waals surface area contributed by atoms with Crippen LogP contribution in [0.15, 0.2) is 77.6 Å². The van der Waals surface area contributed by atoms with Gasteiger partial charge in [0.15, 0.2) is 0 Å². The molecule has 1 amide bonds. The SMILES string of the molecule is COC(=O)c1ccc2c(c1)c1c(sc3ccccc31)c(=O)n2C(C(=O)NC(C)(C)C)c1ccccc1. The minimum absolute atomic E-state index is 0.248. The highest BCUT2D eigenvalue weighted by atomic mass is 32.1. The van der Waals surface area contributed by atoms with Crippen LogP contribution in [0.2, 0.25) is 0 Å². The number of carbonyl (C=O) groups is 2. The van der Waals surface area contributed by atoms with Crippen LogP contribution in [-0.2, 0) is 9.53 Å². The molecule has 0 saturated carbocycles. The molecule has 6 nitrogen and oxygen atoms in total. The Kier molecular flexibility index (Phi) is 5.88. The number of rotatable bonds is 4. The van der Waals surface area contributed by atoms with Crippen LogP contribution >= 0.6 is 11.3 Å². The Morgan fingerprint density at radius 1 is 0.944 bits per heavy atom. The highest BCUT2D eigenvalue weighted by molar-refractivity contribution is 7.26. The summed E-state index contributed by atoms with van der Waals surface area (Å²) in [5.74, 6) is -0.748. The zero-order valence-electron chi connectivity index (χ0n) is 20.5. The molecule has 0 aliphatic rings. The first-order valence-electron chi connectivity index (χ1n) is 11.6. The normalized spacial score (nSPS) is 12.7. The fourth-order valence-corrected chi connectivity index (χ4v) is 5.77. The molecule has 5 aromatic rings. The maximum absolute atomic E-state index is 14.2. The van der Waals surface area contributed by atoms with E-state index in [4.69, 9.17) is 4.74 Å². The molecule has 36 heavy (non-hydrogen) atoms. The number of nitrogens with one attached hydrogen (secondary N) is 1. The molecule has 1 unspecified atom stereocenters. The lowest BCUT2D eigenvalue weighted by molar-refractivity contribution is -0.124. The van der Waals surface area contributed by atoms with E-state index in [0.29, 0.717) is 21.3 Å². The van der Waals surface area contributed by atoms with Gasteiger partial charge in [0, 0.05) is 26.4 Å². The third kappa shape index (κ3) is 4.05. The molecule has 0 spiro atoms. The van der Waals surface area contributed by atoms with E-state index in [-0.39, 0.29) is 11.5 Å². The van der Waals surface area contributed by atoms with Crippen molar-refractivity contribution in [2.24, 2.45) is 0 Å². The summed E-state index contributed by atoms with van der Waals surface area (Å²) in [4.78, 5) is 40.3. The molecule has 2 aromatic heterocycles. The molecule has 3 aromatic carbocycles. The summed E-state index contributed by atoms with van der Waals surface area (Å²) in [7, 11) is 1.34. The van der Waals surface area contributed by atoms with Crippen molar-refractivity contribution in [3.63, 3.8) is 0 Å². The third-order valence-electron chi connectivity index (χ3n) is 6.08. The van der Waals surface area contributed by atoms with Crippen LogP contribution in [0.5, 0.6) is 0 Å². The number of amides is 1. The molecule has 182 valence electrons. The molecule has 0 aliphatic heterocycles. The van der Waals surface area contributed by atoms with Crippen molar-refractivity contribution in [2.75, 3.05) is 7.11 Å². The van der Waals surface area contributed by atoms with E-state index in [9.17, 15) is 14.4 Å². The fourth-order valence-electron chi connectivity index (χ4n) is 4.62. The molecule has 0 bridgehead atoms. The van der Waals surface area contributed by atoms with Crippen LogP contribution in [0.3, 0.4) is 0 Å². The first-order chi connectivity index (χ1) is 17.2. The average Bonchev–Trinajstić information content (AvgIpc) is 3.25. The van der Waals surface area contributed by atoms with Crippen molar-refractivity contribution in [3.8, 4) is 0 Å². The summed E-state index contributed by atoms with van der Waals surface area (Å²) in [6.07, 6.45) is 0. The van der Waals surface area contributed by atoms with Crippen molar-refractivity contribution < 1.29 is 14.3 Å². The van der Waals surface area contributed by atoms with Gasteiger partial charge in [-0.1, -0.05) is 48.5 Å². The van der Waals surface area contributed by atoms with Gasteiger partial charge in [-0.15, -0.1) is 11.3 Å². The van der Waals surface area contributed by atoms with Gasteiger partial charge in [-0.05, 0) is 50.6 Å². The number of esters is 1. The van der Waals surface area contributed by atoms with Crippen molar-refractivity contribution in [3.05, 3.63) is 94.3 Å². The van der Waals surface area contributed by atoms with Crippen molar-refractivity contribution in [1.82, 2.24) is 9.88 Å². The van der Waals surface area contributed by atoms with Gasteiger partial charge < -0.3 is 10.1 Å². The number of fused-ring (bicyclic) bond motifs is 5. The minimum atomic E-state index is -0.904. The second kappa shape index (κ2) is 8.91. The summed E-state index contributed by atoms with van der Waals surface area (Å²) >= 11 is 1.39. The number of aromatic nitrogens is 1. The fraction of sp³-hybridized carbons (Fsp3) is 0.207. The van der Waals surface area contributed by atoms with Crippen LogP contribution in [-0.4, -0.2) is 29.1 Å². The maximum atomic E-state index is 14.2. The lowest BCUT2D eigenvalue weighted by Crippen LogP contribution is -2.46. The number of pyridine rings is 1. The Labute approximate surface area is 212 Å². The van der Waals surface area contributed by atoms with E-state index in [1.807, 2.05) is 75.4 Å². The number of ether oxygens (including phenoxy) is 1. The van der Waals surface area contributed by atoms with Crippen molar-refractivity contribution in [1.29, 1.82) is 0 Å². The van der Waals surface area contributed by atoms with Gasteiger partial charge in [-0.3, -0.25) is 14.2 Å². The Morgan fingerprint density at radius 2 is 1.64 bits per heavy atom. The highest BCUT2D eigenvalue weighted by Crippen LogP contribution is 2.38. The van der Waals surface area contributed by atoms with Gasteiger partial charge in [0.1, 0.15) is 10.7 Å². The summed E-state index contributed by atoms with van der Waals surface area (Å²) in [6, 6.07) is 21.3. The maximum Gasteiger partial charge on any atom is 0.337 e. The smallest absolute Gasteiger partial charge is 0.337 e. The zero-order valence-corrected chi connectivity index (χ0v) is 21.3. The molecule has 2 heterocycles. The molecular weight excluding hydrogens is 472 g/mol. The Balaban J connectivity index is 1.93. The number of carbonyl (C=O) groups excluding carboxylic acids is 2. The van der Waals surface area contributed by atoms with Crippen LogP contribution in [0, 0.1) is 0 Å². The lowest BCUT2D eigenvalue weighted by atomic mass is 10.00. The molecule has 0 fully saturated rings. The second-order valence-corrected chi connectivity index (χ2v) is 10.8. The number of methoxy groups -OCH3 is 1. The monoisotopic (exact) mass is 498 g/mol. The van der Waals surface area contributed by atoms with E-state index in [2.05, 4.69) is 5.32 Å². The quantitative estimate of drug-likeness (QED) is 0.324. The van der Waals surface area contributed by atoms with Gasteiger partial charge >= 0.3 is 5.97 Å². The lowest BCUT2D eigenvalue weighted by Gasteiger charge is -2.27. The van der Waals surface area contributed by atoms with Crippen LogP contribution in [0.4, 0.5) is 0 Å². The van der Waals surface area contributed by atoms with Crippen LogP contribution in [0.1, 0.15) is 42.7 Å². The van der Waals surface area contributed by atoms with E-state index >= 15 is 0 Å². The van der Waals surface area contributed by atoms with Gasteiger partial charge in [-0.25, -0.2) is 4.79 Å². The van der Waals surface area contributed by atoms with E-state index in [0.717, 1.165) is 20.9 Å². The first-order valence-corrected chi connectivity index (χ1v) is 12.5. The summed E-state index contributed by atoms with van der Waals surface area (Å²) < 4.78 is 8.02. The Bertz CT molecular complexity index is 1690. The molecule has 0 saturated heterocycles. The largest absolute Gasteiger partial charge is 0.465 e. The standard InChI is InChI=1S/C29H26N2O4S/c1-29(2,3)30-26(32)24(17-10-6-5-7-11-17)31-21-15-14-18(28(34)35-4)16-20(21)23-19-12-8-9-13-22(19)36-25(23)27(31)33/h5-16,24H,1-4H3,(H,30,32). The molecule has 5 rings (SSSR count). The predicted molar refractivity (Wildman–Crippen MR) is 145 cm³/mol.